The van der Waals surface area contributed by atoms with Crippen molar-refractivity contribution in [3.05, 3.63) is 51.2 Å². The fraction of sp³-hybridized carbons (Fsp3) is 0.389. The molecule has 112 valence electrons. The molecule has 2 aromatic rings. The summed E-state index contributed by atoms with van der Waals surface area (Å²) < 4.78 is 5.61. The molecule has 2 rings (SSSR count). The Morgan fingerprint density at radius 3 is 2.24 bits per heavy atom. The third-order valence-electron chi connectivity index (χ3n) is 3.43. The van der Waals surface area contributed by atoms with Gasteiger partial charge in [-0.1, -0.05) is 32.9 Å². The summed E-state index contributed by atoms with van der Waals surface area (Å²) in [5, 5.41) is 0. The van der Waals surface area contributed by atoms with Gasteiger partial charge in [-0.25, -0.2) is 0 Å². The highest BCUT2D eigenvalue weighted by Crippen LogP contribution is 2.25. The maximum atomic E-state index is 12.2. The molecule has 0 spiro atoms. The van der Waals surface area contributed by atoms with Crippen molar-refractivity contribution in [2.75, 3.05) is 6.61 Å². The normalized spacial score (nSPS) is 11.5. The molecule has 0 saturated carbocycles. The highest BCUT2D eigenvalue weighted by Gasteiger charge is 2.14. The van der Waals surface area contributed by atoms with Crippen LogP contribution in [0.2, 0.25) is 0 Å². The minimum atomic E-state index is 0.0387. The lowest BCUT2D eigenvalue weighted by molar-refractivity contribution is 0.0921. The molecule has 0 aliphatic carbocycles. The molecule has 0 fully saturated rings. The molecular formula is C18H22O2S. The molecule has 21 heavy (non-hydrogen) atoms. The molecule has 0 saturated heterocycles. The van der Waals surface area contributed by atoms with Crippen molar-refractivity contribution in [3.63, 3.8) is 0 Å². The first-order valence-corrected chi connectivity index (χ1v) is 7.92. The number of hydrogen-bond acceptors (Lipinski definition) is 3. The van der Waals surface area contributed by atoms with E-state index in [4.69, 9.17) is 4.74 Å². The van der Waals surface area contributed by atoms with Gasteiger partial charge in [-0.2, -0.15) is 0 Å². The van der Waals surface area contributed by atoms with Crippen molar-refractivity contribution in [1.82, 2.24) is 0 Å². The number of thiophene rings is 1. The van der Waals surface area contributed by atoms with E-state index in [2.05, 4.69) is 32.9 Å². The standard InChI is InChI=1S/C18H22O2S/c1-12-10-16(13(2)21-12)17(19)11-20-15-8-6-14(7-9-15)18(3,4)5/h6-10H,11H2,1-5H3. The first kappa shape index (κ1) is 15.8. The highest BCUT2D eigenvalue weighted by molar-refractivity contribution is 7.12. The summed E-state index contributed by atoms with van der Waals surface area (Å²) in [5.41, 5.74) is 2.16. The Labute approximate surface area is 130 Å². The van der Waals surface area contributed by atoms with Crippen molar-refractivity contribution in [2.45, 2.75) is 40.0 Å². The monoisotopic (exact) mass is 302 g/mol. The number of Topliss-reactive ketones (excluding diaryl/α,β-unsaturated/α-hetero) is 1. The molecule has 0 radical (unpaired) electrons. The van der Waals surface area contributed by atoms with E-state index in [1.807, 2.05) is 32.0 Å². The van der Waals surface area contributed by atoms with E-state index in [9.17, 15) is 4.79 Å². The van der Waals surface area contributed by atoms with Gasteiger partial charge in [0.25, 0.3) is 0 Å². The number of carbonyl (C=O) groups excluding carboxylic acids is 1. The zero-order valence-electron chi connectivity index (χ0n) is 13.3. The van der Waals surface area contributed by atoms with Crippen LogP contribution in [-0.2, 0) is 5.41 Å². The number of benzene rings is 1. The molecule has 1 aromatic carbocycles. The fourth-order valence-electron chi connectivity index (χ4n) is 2.19. The molecule has 0 atom stereocenters. The van der Waals surface area contributed by atoms with Gasteiger partial charge in [0, 0.05) is 15.3 Å². The van der Waals surface area contributed by atoms with Gasteiger partial charge >= 0.3 is 0 Å². The molecule has 0 unspecified atom stereocenters. The topological polar surface area (TPSA) is 26.3 Å². The van der Waals surface area contributed by atoms with Crippen LogP contribution in [0.1, 0.15) is 46.4 Å². The number of hydrogen-bond donors (Lipinski definition) is 0. The second-order valence-corrected chi connectivity index (χ2v) is 7.77. The number of carbonyl (C=O) groups is 1. The number of aryl methyl sites for hydroxylation is 2. The summed E-state index contributed by atoms with van der Waals surface area (Å²) >= 11 is 1.65. The molecular weight excluding hydrogens is 280 g/mol. The molecule has 0 bridgehead atoms. The third kappa shape index (κ3) is 3.94. The van der Waals surface area contributed by atoms with Crippen molar-refractivity contribution in [1.29, 1.82) is 0 Å². The van der Waals surface area contributed by atoms with Crippen LogP contribution in [0.25, 0.3) is 0 Å². The zero-order valence-corrected chi connectivity index (χ0v) is 14.1. The minimum absolute atomic E-state index is 0.0387. The summed E-state index contributed by atoms with van der Waals surface area (Å²) in [6.07, 6.45) is 0. The summed E-state index contributed by atoms with van der Waals surface area (Å²) in [6, 6.07) is 9.91. The van der Waals surface area contributed by atoms with Crippen molar-refractivity contribution >= 4 is 17.1 Å². The Morgan fingerprint density at radius 2 is 1.76 bits per heavy atom. The van der Waals surface area contributed by atoms with Gasteiger partial charge in [0.05, 0.1) is 0 Å². The Hall–Kier alpha value is -1.61. The highest BCUT2D eigenvalue weighted by atomic mass is 32.1. The van der Waals surface area contributed by atoms with Crippen LogP contribution in [0.15, 0.2) is 30.3 Å². The summed E-state index contributed by atoms with van der Waals surface area (Å²) in [6.45, 7) is 10.6. The van der Waals surface area contributed by atoms with Gasteiger partial charge in [-0.15, -0.1) is 11.3 Å². The van der Waals surface area contributed by atoms with Gasteiger partial charge < -0.3 is 4.74 Å². The number of ketones is 1. The van der Waals surface area contributed by atoms with E-state index < -0.39 is 0 Å². The first-order valence-electron chi connectivity index (χ1n) is 7.11. The molecule has 2 nitrogen and oxygen atoms in total. The van der Waals surface area contributed by atoms with Crippen molar-refractivity contribution in [2.24, 2.45) is 0 Å². The first-order chi connectivity index (χ1) is 9.77. The lowest BCUT2D eigenvalue weighted by atomic mass is 9.87. The average Bonchev–Trinajstić information content (AvgIpc) is 2.74. The second kappa shape index (κ2) is 6.02. The summed E-state index contributed by atoms with van der Waals surface area (Å²) in [5.74, 6) is 0.776. The van der Waals surface area contributed by atoms with Gasteiger partial charge in [0.2, 0.25) is 5.78 Å². The second-order valence-electron chi connectivity index (χ2n) is 6.31. The van der Waals surface area contributed by atoms with Gasteiger partial charge in [0.1, 0.15) is 5.75 Å². The molecule has 1 heterocycles. The van der Waals surface area contributed by atoms with Crippen molar-refractivity contribution in [3.8, 4) is 5.75 Å². The SMILES string of the molecule is Cc1cc(C(=O)COc2ccc(C(C)(C)C)cc2)c(C)s1. The number of ether oxygens (including phenoxy) is 1. The van der Waals surface area contributed by atoms with E-state index in [1.54, 1.807) is 11.3 Å². The van der Waals surface area contributed by atoms with Crippen LogP contribution in [0.5, 0.6) is 5.75 Å². The van der Waals surface area contributed by atoms with E-state index in [-0.39, 0.29) is 17.8 Å². The van der Waals surface area contributed by atoms with E-state index in [0.29, 0.717) is 0 Å². The minimum Gasteiger partial charge on any atom is -0.485 e. The Morgan fingerprint density at radius 1 is 1.14 bits per heavy atom. The smallest absolute Gasteiger partial charge is 0.201 e. The van der Waals surface area contributed by atoms with Crippen molar-refractivity contribution < 1.29 is 9.53 Å². The summed E-state index contributed by atoms with van der Waals surface area (Å²) in [4.78, 5) is 14.4. The maximum Gasteiger partial charge on any atom is 0.201 e. The summed E-state index contributed by atoms with van der Waals surface area (Å²) in [7, 11) is 0. The third-order valence-corrected chi connectivity index (χ3v) is 4.40. The molecule has 0 aliphatic heterocycles. The lowest BCUT2D eigenvalue weighted by Crippen LogP contribution is -2.13. The van der Waals surface area contributed by atoms with E-state index in [0.717, 1.165) is 21.1 Å². The lowest BCUT2D eigenvalue weighted by Gasteiger charge is -2.19. The van der Waals surface area contributed by atoms with Crippen LogP contribution in [0.3, 0.4) is 0 Å². The van der Waals surface area contributed by atoms with Crippen LogP contribution >= 0.6 is 11.3 Å². The maximum absolute atomic E-state index is 12.2. The van der Waals surface area contributed by atoms with E-state index >= 15 is 0 Å². The van der Waals surface area contributed by atoms with E-state index in [1.165, 1.54) is 5.56 Å². The van der Waals surface area contributed by atoms with Gasteiger partial charge in [-0.05, 0) is 43.0 Å². The van der Waals surface area contributed by atoms with Gasteiger partial charge in [0.15, 0.2) is 6.61 Å². The molecule has 1 aromatic heterocycles. The molecule has 0 aliphatic rings. The average molecular weight is 302 g/mol. The molecule has 0 N–H and O–H groups in total. The zero-order chi connectivity index (χ0) is 15.6. The Balaban J connectivity index is 2.00. The predicted molar refractivity (Wildman–Crippen MR) is 88.8 cm³/mol. The van der Waals surface area contributed by atoms with Crippen LogP contribution in [-0.4, -0.2) is 12.4 Å². The molecule has 3 heteroatoms. The quantitative estimate of drug-likeness (QED) is 0.749. The Kier molecular flexibility index (Phi) is 4.52. The van der Waals surface area contributed by atoms with Crippen LogP contribution in [0.4, 0.5) is 0 Å². The Bertz CT molecular complexity index is 630. The number of rotatable bonds is 4. The fourth-order valence-corrected chi connectivity index (χ4v) is 3.13. The predicted octanol–water partition coefficient (Wildman–Crippen LogP) is 4.92. The largest absolute Gasteiger partial charge is 0.485 e. The molecule has 0 amide bonds. The van der Waals surface area contributed by atoms with Crippen LogP contribution < -0.4 is 4.74 Å². The van der Waals surface area contributed by atoms with Gasteiger partial charge in [-0.3, -0.25) is 4.79 Å². The van der Waals surface area contributed by atoms with Crippen LogP contribution in [0, 0.1) is 13.8 Å².